The summed E-state index contributed by atoms with van der Waals surface area (Å²) in [5.74, 6) is 1.47. The Morgan fingerprint density at radius 1 is 1.03 bits per heavy atom. The fourth-order valence-electron chi connectivity index (χ4n) is 4.29. The van der Waals surface area contributed by atoms with E-state index >= 15 is 0 Å². The Labute approximate surface area is 176 Å². The second-order valence-corrected chi connectivity index (χ2v) is 7.63. The number of aryl methyl sites for hydroxylation is 1. The Balaban J connectivity index is 1.59. The summed E-state index contributed by atoms with van der Waals surface area (Å²) in [5, 5.41) is 12.7. The number of hydrogen-bond acceptors (Lipinski definition) is 5. The van der Waals surface area contributed by atoms with Crippen molar-refractivity contribution >= 4 is 11.6 Å². The quantitative estimate of drug-likeness (QED) is 0.585. The largest absolute Gasteiger partial charge is 0.488 e. The van der Waals surface area contributed by atoms with Gasteiger partial charge in [0.1, 0.15) is 18.4 Å². The standard InChI is InChI=1S/C25H22N4O/c26-16-18-10-11-19-15-23(18)30-14-6-2-5-9-22-21-13-12-20(17-7-3-1-4-8-17)24(21)29-25(27-19)28-22/h1-4,6-8,10-11,15,20H,5,9,12-14H2,(H,27,28,29). The molecule has 0 fully saturated rings. The highest BCUT2D eigenvalue weighted by Gasteiger charge is 2.29. The number of nitrogens with zero attached hydrogens (tertiary/aromatic N) is 3. The highest BCUT2D eigenvalue weighted by Crippen LogP contribution is 2.39. The molecule has 1 unspecified atom stereocenters. The van der Waals surface area contributed by atoms with Crippen molar-refractivity contribution in [1.29, 1.82) is 5.26 Å². The maximum atomic E-state index is 9.36. The minimum Gasteiger partial charge on any atom is -0.488 e. The van der Waals surface area contributed by atoms with Gasteiger partial charge in [0.2, 0.25) is 5.95 Å². The molecule has 3 aromatic rings. The summed E-state index contributed by atoms with van der Waals surface area (Å²) in [6.07, 6.45) is 7.98. The smallest absolute Gasteiger partial charge is 0.227 e. The number of anilines is 2. The van der Waals surface area contributed by atoms with E-state index in [-0.39, 0.29) is 0 Å². The third-order valence-corrected chi connectivity index (χ3v) is 5.75. The van der Waals surface area contributed by atoms with Crippen molar-refractivity contribution in [1.82, 2.24) is 9.97 Å². The summed E-state index contributed by atoms with van der Waals surface area (Å²) >= 11 is 0. The van der Waals surface area contributed by atoms with Crippen molar-refractivity contribution < 1.29 is 4.74 Å². The van der Waals surface area contributed by atoms with Crippen LogP contribution in [0.25, 0.3) is 0 Å². The molecule has 1 aliphatic heterocycles. The highest BCUT2D eigenvalue weighted by atomic mass is 16.5. The number of benzene rings is 2. The van der Waals surface area contributed by atoms with Gasteiger partial charge in [0, 0.05) is 23.4 Å². The van der Waals surface area contributed by atoms with Crippen LogP contribution in [0.3, 0.4) is 0 Å². The molecule has 0 spiro atoms. The van der Waals surface area contributed by atoms with Crippen molar-refractivity contribution in [3.63, 3.8) is 0 Å². The highest BCUT2D eigenvalue weighted by molar-refractivity contribution is 5.61. The predicted octanol–water partition coefficient (Wildman–Crippen LogP) is 5.05. The van der Waals surface area contributed by atoms with Crippen LogP contribution < -0.4 is 10.1 Å². The fourth-order valence-corrected chi connectivity index (χ4v) is 4.29. The third-order valence-electron chi connectivity index (χ3n) is 5.75. The molecule has 0 amide bonds. The summed E-state index contributed by atoms with van der Waals surface area (Å²) < 4.78 is 5.81. The first-order valence-electron chi connectivity index (χ1n) is 10.4. The molecule has 30 heavy (non-hydrogen) atoms. The van der Waals surface area contributed by atoms with Gasteiger partial charge in [0.15, 0.2) is 0 Å². The van der Waals surface area contributed by atoms with E-state index in [1.165, 1.54) is 11.1 Å². The van der Waals surface area contributed by atoms with E-state index in [4.69, 9.17) is 14.7 Å². The molecule has 0 saturated carbocycles. The van der Waals surface area contributed by atoms with Gasteiger partial charge in [0.05, 0.1) is 11.3 Å². The van der Waals surface area contributed by atoms with Gasteiger partial charge in [-0.25, -0.2) is 9.97 Å². The molecule has 5 nitrogen and oxygen atoms in total. The number of aromatic nitrogens is 2. The number of nitriles is 1. The van der Waals surface area contributed by atoms with Crippen LogP contribution >= 0.6 is 0 Å². The van der Waals surface area contributed by atoms with E-state index in [1.807, 2.05) is 18.2 Å². The van der Waals surface area contributed by atoms with Crippen LogP contribution in [0.4, 0.5) is 11.6 Å². The number of rotatable bonds is 1. The van der Waals surface area contributed by atoms with Crippen molar-refractivity contribution in [2.75, 3.05) is 11.9 Å². The van der Waals surface area contributed by atoms with Crippen molar-refractivity contribution in [3.8, 4) is 11.8 Å². The fraction of sp³-hybridized carbons (Fsp3) is 0.240. The molecule has 1 N–H and O–H groups in total. The molecule has 0 saturated heterocycles. The lowest BCUT2D eigenvalue weighted by Crippen LogP contribution is -2.08. The Hall–Kier alpha value is -3.65. The van der Waals surface area contributed by atoms with E-state index in [0.717, 1.165) is 42.8 Å². The molecule has 4 bridgehead atoms. The average Bonchev–Trinajstić information content (AvgIpc) is 3.20. The number of hydrogen-bond donors (Lipinski definition) is 1. The third kappa shape index (κ3) is 3.53. The topological polar surface area (TPSA) is 70.8 Å². The zero-order valence-corrected chi connectivity index (χ0v) is 16.6. The summed E-state index contributed by atoms with van der Waals surface area (Å²) in [7, 11) is 0. The van der Waals surface area contributed by atoms with Crippen LogP contribution in [0, 0.1) is 11.3 Å². The second kappa shape index (κ2) is 8.00. The van der Waals surface area contributed by atoms with Crippen LogP contribution in [0.2, 0.25) is 0 Å². The molecule has 5 rings (SSSR count). The Bertz CT molecular complexity index is 1150. The zero-order chi connectivity index (χ0) is 20.3. The van der Waals surface area contributed by atoms with E-state index in [1.54, 1.807) is 6.07 Å². The maximum absolute atomic E-state index is 9.36. The molecule has 1 aromatic heterocycles. The monoisotopic (exact) mass is 394 g/mol. The van der Waals surface area contributed by atoms with Crippen molar-refractivity contribution in [2.45, 2.75) is 31.6 Å². The molecule has 5 heteroatoms. The SMILES string of the molecule is N#Cc1ccc2cc1OCC=CCCc1nc(nc3c1CCC3c1ccccc1)N2. The molecule has 0 radical (unpaired) electrons. The summed E-state index contributed by atoms with van der Waals surface area (Å²) in [5.41, 5.74) is 6.20. The summed E-state index contributed by atoms with van der Waals surface area (Å²) in [6, 6.07) is 18.3. The first kappa shape index (κ1) is 18.4. The van der Waals surface area contributed by atoms with E-state index < -0.39 is 0 Å². The van der Waals surface area contributed by atoms with Gasteiger partial charge in [-0.1, -0.05) is 42.5 Å². The van der Waals surface area contributed by atoms with E-state index in [9.17, 15) is 5.26 Å². The average molecular weight is 394 g/mol. The summed E-state index contributed by atoms with van der Waals surface area (Å²) in [6.45, 7) is 0.440. The second-order valence-electron chi connectivity index (χ2n) is 7.63. The van der Waals surface area contributed by atoms with Crippen molar-refractivity contribution in [3.05, 3.63) is 88.8 Å². The lowest BCUT2D eigenvalue weighted by atomic mass is 9.96. The number of ether oxygens (including phenoxy) is 1. The maximum Gasteiger partial charge on any atom is 0.227 e. The first-order chi connectivity index (χ1) is 14.8. The van der Waals surface area contributed by atoms with Gasteiger partial charge in [-0.15, -0.1) is 0 Å². The predicted molar refractivity (Wildman–Crippen MR) is 116 cm³/mol. The van der Waals surface area contributed by atoms with Gasteiger partial charge in [0.25, 0.3) is 0 Å². The van der Waals surface area contributed by atoms with Gasteiger partial charge in [-0.05, 0) is 48.9 Å². The number of fused-ring (bicyclic) bond motifs is 6. The Kier molecular flexibility index (Phi) is 4.90. The summed E-state index contributed by atoms with van der Waals surface area (Å²) in [4.78, 5) is 9.81. The van der Waals surface area contributed by atoms with Crippen molar-refractivity contribution in [2.24, 2.45) is 0 Å². The van der Waals surface area contributed by atoms with Crippen LogP contribution in [-0.2, 0) is 12.8 Å². The molecule has 2 aliphatic rings. The van der Waals surface area contributed by atoms with Crippen LogP contribution in [0.1, 0.15) is 46.8 Å². The van der Waals surface area contributed by atoms with Gasteiger partial charge in [-0.3, -0.25) is 0 Å². The van der Waals surface area contributed by atoms with Gasteiger partial charge >= 0.3 is 0 Å². The van der Waals surface area contributed by atoms with Crippen LogP contribution in [-0.4, -0.2) is 16.6 Å². The molecular formula is C25H22N4O. The van der Waals surface area contributed by atoms with E-state index in [0.29, 0.717) is 29.8 Å². The number of allylic oxidation sites excluding steroid dienone is 1. The molecule has 2 aromatic carbocycles. The molecule has 2 heterocycles. The zero-order valence-electron chi connectivity index (χ0n) is 16.6. The number of nitrogens with one attached hydrogen (secondary N) is 1. The van der Waals surface area contributed by atoms with Gasteiger partial charge in [-0.2, -0.15) is 5.26 Å². The minimum absolute atomic E-state index is 0.301. The first-order valence-corrected chi connectivity index (χ1v) is 10.4. The van der Waals surface area contributed by atoms with Crippen LogP contribution in [0.15, 0.2) is 60.7 Å². The Morgan fingerprint density at radius 3 is 2.80 bits per heavy atom. The van der Waals surface area contributed by atoms with E-state index in [2.05, 4.69) is 47.8 Å². The lowest BCUT2D eigenvalue weighted by molar-refractivity contribution is 0.361. The Morgan fingerprint density at radius 2 is 1.93 bits per heavy atom. The molecule has 148 valence electrons. The van der Waals surface area contributed by atoms with Crippen LogP contribution in [0.5, 0.6) is 5.75 Å². The minimum atomic E-state index is 0.301. The molecular weight excluding hydrogens is 372 g/mol. The van der Waals surface area contributed by atoms with Gasteiger partial charge < -0.3 is 10.1 Å². The lowest BCUT2D eigenvalue weighted by Gasteiger charge is -2.15. The molecule has 1 atom stereocenters. The molecule has 1 aliphatic carbocycles. The normalized spacial score (nSPS) is 17.4.